The van der Waals surface area contributed by atoms with Crippen LogP contribution in [-0.4, -0.2) is 27.5 Å². The normalized spacial score (nSPS) is 17.2. The number of pyridine rings is 1. The average molecular weight is 284 g/mol. The van der Waals surface area contributed by atoms with E-state index in [1.165, 1.54) is 0 Å². The van der Waals surface area contributed by atoms with Crippen molar-refractivity contribution in [2.75, 3.05) is 0 Å². The number of carboxylic acid groups (broad SMARTS) is 1. The fraction of sp³-hybridized carbons (Fsp3) is 0.312. The Morgan fingerprint density at radius 1 is 1.33 bits per heavy atom. The van der Waals surface area contributed by atoms with Gasteiger partial charge in [-0.25, -0.2) is 4.79 Å². The molecule has 5 heteroatoms. The molecule has 1 aliphatic carbocycles. The van der Waals surface area contributed by atoms with Gasteiger partial charge in [-0.2, -0.15) is 0 Å². The molecule has 1 aromatic heterocycles. The Bertz CT molecular complexity index is 724. The second kappa shape index (κ2) is 4.84. The molecule has 1 saturated carbocycles. The number of carbonyl (C=O) groups is 2. The standard InChI is InChI=1S/C16H16N2O3/c1-16(15(20)21,12-5-6-12)18-14(19)11-4-7-13-10(9-11)3-2-8-17-13/h2-4,7-9,12H,5-6H2,1H3,(H,18,19)(H,20,21)/t16-/m1/s1. The topological polar surface area (TPSA) is 79.3 Å². The van der Waals surface area contributed by atoms with Crippen LogP contribution in [0.2, 0.25) is 0 Å². The van der Waals surface area contributed by atoms with E-state index in [0.717, 1.165) is 23.7 Å². The van der Waals surface area contributed by atoms with E-state index >= 15 is 0 Å². The summed E-state index contributed by atoms with van der Waals surface area (Å²) >= 11 is 0. The number of carboxylic acids is 1. The van der Waals surface area contributed by atoms with Crippen molar-refractivity contribution in [1.82, 2.24) is 10.3 Å². The highest BCUT2D eigenvalue weighted by atomic mass is 16.4. The Labute approximate surface area is 122 Å². The van der Waals surface area contributed by atoms with E-state index in [9.17, 15) is 14.7 Å². The average Bonchev–Trinajstić information content (AvgIpc) is 3.31. The Balaban J connectivity index is 1.88. The number of fused-ring (bicyclic) bond motifs is 1. The molecule has 0 unspecified atom stereocenters. The fourth-order valence-electron chi connectivity index (χ4n) is 2.52. The highest BCUT2D eigenvalue weighted by Gasteiger charge is 2.48. The van der Waals surface area contributed by atoms with E-state index in [0.29, 0.717) is 5.56 Å². The van der Waals surface area contributed by atoms with Gasteiger partial charge in [-0.3, -0.25) is 9.78 Å². The van der Waals surface area contributed by atoms with Crippen molar-refractivity contribution in [3.05, 3.63) is 42.1 Å². The molecule has 1 aliphatic rings. The quantitative estimate of drug-likeness (QED) is 0.902. The summed E-state index contributed by atoms with van der Waals surface area (Å²) in [6.45, 7) is 1.58. The van der Waals surface area contributed by atoms with E-state index in [4.69, 9.17) is 0 Å². The van der Waals surface area contributed by atoms with Crippen LogP contribution in [0.5, 0.6) is 0 Å². The minimum atomic E-state index is -1.19. The van der Waals surface area contributed by atoms with Crippen molar-refractivity contribution >= 4 is 22.8 Å². The van der Waals surface area contributed by atoms with Crippen molar-refractivity contribution in [1.29, 1.82) is 0 Å². The molecule has 21 heavy (non-hydrogen) atoms. The summed E-state index contributed by atoms with van der Waals surface area (Å²) in [6.07, 6.45) is 3.37. The summed E-state index contributed by atoms with van der Waals surface area (Å²) in [5.41, 5.74) is 0.0573. The second-order valence-electron chi connectivity index (χ2n) is 5.65. The Morgan fingerprint density at radius 2 is 2.10 bits per heavy atom. The predicted octanol–water partition coefficient (Wildman–Crippen LogP) is 2.22. The van der Waals surface area contributed by atoms with Gasteiger partial charge in [0.25, 0.3) is 5.91 Å². The van der Waals surface area contributed by atoms with Crippen LogP contribution < -0.4 is 5.32 Å². The van der Waals surface area contributed by atoms with Gasteiger partial charge in [0, 0.05) is 17.1 Å². The summed E-state index contributed by atoms with van der Waals surface area (Å²) in [4.78, 5) is 28.0. The van der Waals surface area contributed by atoms with Gasteiger partial charge in [0.15, 0.2) is 0 Å². The number of amides is 1. The molecule has 0 spiro atoms. The van der Waals surface area contributed by atoms with E-state index in [1.807, 2.05) is 6.07 Å². The smallest absolute Gasteiger partial charge is 0.329 e. The zero-order valence-electron chi connectivity index (χ0n) is 11.7. The maximum atomic E-state index is 12.3. The number of nitrogens with one attached hydrogen (secondary N) is 1. The SMILES string of the molecule is C[C@](NC(=O)c1ccc2ncccc2c1)(C(=O)O)C1CC1. The number of carbonyl (C=O) groups excluding carboxylic acids is 1. The second-order valence-corrected chi connectivity index (χ2v) is 5.65. The number of benzene rings is 1. The van der Waals surface area contributed by atoms with Crippen molar-refractivity contribution in [2.24, 2.45) is 5.92 Å². The fourth-order valence-corrected chi connectivity index (χ4v) is 2.52. The predicted molar refractivity (Wildman–Crippen MR) is 78.0 cm³/mol. The number of rotatable bonds is 4. The number of hydrogen-bond acceptors (Lipinski definition) is 3. The number of aromatic nitrogens is 1. The van der Waals surface area contributed by atoms with Crippen molar-refractivity contribution < 1.29 is 14.7 Å². The van der Waals surface area contributed by atoms with Crippen LogP contribution in [0.3, 0.4) is 0 Å². The molecule has 2 aromatic rings. The van der Waals surface area contributed by atoms with E-state index in [-0.39, 0.29) is 11.8 Å². The maximum Gasteiger partial charge on any atom is 0.329 e. The van der Waals surface area contributed by atoms with Crippen LogP contribution in [0.4, 0.5) is 0 Å². The number of hydrogen-bond donors (Lipinski definition) is 2. The number of aliphatic carboxylic acids is 1. The van der Waals surface area contributed by atoms with E-state index in [2.05, 4.69) is 10.3 Å². The van der Waals surface area contributed by atoms with Gasteiger partial charge in [-0.15, -0.1) is 0 Å². The lowest BCUT2D eigenvalue weighted by Crippen LogP contribution is -2.54. The molecule has 3 rings (SSSR count). The van der Waals surface area contributed by atoms with Gasteiger partial charge in [0.05, 0.1) is 5.52 Å². The zero-order chi connectivity index (χ0) is 15.0. The van der Waals surface area contributed by atoms with Gasteiger partial charge in [0.1, 0.15) is 5.54 Å². The van der Waals surface area contributed by atoms with E-state index in [1.54, 1.807) is 37.4 Å². The van der Waals surface area contributed by atoms with Crippen LogP contribution >= 0.6 is 0 Å². The van der Waals surface area contributed by atoms with Crippen LogP contribution in [0.1, 0.15) is 30.1 Å². The zero-order valence-corrected chi connectivity index (χ0v) is 11.7. The van der Waals surface area contributed by atoms with Crippen LogP contribution in [0.15, 0.2) is 36.5 Å². The van der Waals surface area contributed by atoms with Gasteiger partial charge in [-0.05, 0) is 49.9 Å². The molecule has 1 atom stereocenters. The molecule has 0 saturated heterocycles. The van der Waals surface area contributed by atoms with Crippen molar-refractivity contribution in [2.45, 2.75) is 25.3 Å². The molecule has 0 radical (unpaired) electrons. The summed E-state index contributed by atoms with van der Waals surface area (Å²) < 4.78 is 0. The molecular formula is C16H16N2O3. The molecule has 1 amide bonds. The van der Waals surface area contributed by atoms with Gasteiger partial charge >= 0.3 is 5.97 Å². The van der Waals surface area contributed by atoms with Crippen molar-refractivity contribution in [3.8, 4) is 0 Å². The van der Waals surface area contributed by atoms with E-state index < -0.39 is 11.5 Å². The lowest BCUT2D eigenvalue weighted by Gasteiger charge is -2.26. The summed E-state index contributed by atoms with van der Waals surface area (Å²) in [5, 5.41) is 12.9. The molecule has 108 valence electrons. The third-order valence-corrected chi connectivity index (χ3v) is 4.08. The first-order valence-electron chi connectivity index (χ1n) is 6.91. The first-order valence-corrected chi connectivity index (χ1v) is 6.91. The summed E-state index contributed by atoms with van der Waals surface area (Å²) in [6, 6.07) is 8.83. The monoisotopic (exact) mass is 284 g/mol. The summed E-state index contributed by atoms with van der Waals surface area (Å²) in [5.74, 6) is -1.33. The molecule has 5 nitrogen and oxygen atoms in total. The lowest BCUT2D eigenvalue weighted by atomic mass is 9.95. The first kappa shape index (κ1) is 13.5. The van der Waals surface area contributed by atoms with Gasteiger partial charge in [0.2, 0.25) is 0 Å². The molecule has 1 fully saturated rings. The lowest BCUT2D eigenvalue weighted by molar-refractivity contribution is -0.144. The first-order chi connectivity index (χ1) is 10.0. The minimum Gasteiger partial charge on any atom is -0.480 e. The van der Waals surface area contributed by atoms with Gasteiger partial charge in [-0.1, -0.05) is 6.07 Å². The highest BCUT2D eigenvalue weighted by Crippen LogP contribution is 2.39. The Kier molecular flexibility index (Phi) is 3.12. The van der Waals surface area contributed by atoms with Crippen LogP contribution in [0, 0.1) is 5.92 Å². The molecule has 0 aliphatic heterocycles. The largest absolute Gasteiger partial charge is 0.480 e. The maximum absolute atomic E-state index is 12.3. The molecule has 1 aromatic carbocycles. The molecule has 1 heterocycles. The Hall–Kier alpha value is -2.43. The minimum absolute atomic E-state index is 0.0149. The van der Waals surface area contributed by atoms with Crippen LogP contribution in [0.25, 0.3) is 10.9 Å². The third kappa shape index (κ3) is 2.46. The summed E-state index contributed by atoms with van der Waals surface area (Å²) in [7, 11) is 0. The third-order valence-electron chi connectivity index (χ3n) is 4.08. The van der Waals surface area contributed by atoms with Crippen molar-refractivity contribution in [3.63, 3.8) is 0 Å². The Morgan fingerprint density at radius 3 is 2.76 bits per heavy atom. The number of nitrogens with zero attached hydrogens (tertiary/aromatic N) is 1. The van der Waals surface area contributed by atoms with Gasteiger partial charge < -0.3 is 10.4 Å². The molecule has 2 N–H and O–H groups in total. The van der Waals surface area contributed by atoms with Crippen LogP contribution in [-0.2, 0) is 4.79 Å². The molecular weight excluding hydrogens is 268 g/mol. The highest BCUT2D eigenvalue weighted by molar-refractivity contribution is 6.00. The molecule has 0 bridgehead atoms.